The Balaban J connectivity index is 2.48. The molecule has 2 atom stereocenters. The van der Waals surface area contributed by atoms with Crippen molar-refractivity contribution in [3.8, 4) is 0 Å². The van der Waals surface area contributed by atoms with Crippen LogP contribution in [0.15, 0.2) is 6.33 Å². The highest BCUT2D eigenvalue weighted by Gasteiger charge is 2.13. The predicted molar refractivity (Wildman–Crippen MR) is 61.1 cm³/mol. The van der Waals surface area contributed by atoms with E-state index in [1.54, 1.807) is 7.11 Å². The number of aromatic nitrogens is 3. The van der Waals surface area contributed by atoms with E-state index in [2.05, 4.69) is 17.0 Å². The maximum atomic E-state index is 9.85. The van der Waals surface area contributed by atoms with Gasteiger partial charge in [-0.2, -0.15) is 5.10 Å². The van der Waals surface area contributed by atoms with Crippen LogP contribution in [0, 0.1) is 0 Å². The average molecular weight is 227 g/mol. The van der Waals surface area contributed by atoms with Crippen molar-refractivity contribution in [3.05, 3.63) is 12.2 Å². The smallest absolute Gasteiger partial charge is 0.138 e. The molecular weight excluding hydrogens is 206 g/mol. The largest absolute Gasteiger partial charge is 0.393 e. The molecule has 0 aliphatic carbocycles. The van der Waals surface area contributed by atoms with Crippen LogP contribution < -0.4 is 0 Å². The molecule has 0 spiro atoms. The van der Waals surface area contributed by atoms with Crippen LogP contribution in [0.25, 0.3) is 0 Å². The zero-order chi connectivity index (χ0) is 12.0. The van der Waals surface area contributed by atoms with E-state index in [-0.39, 0.29) is 6.10 Å². The summed E-state index contributed by atoms with van der Waals surface area (Å²) >= 11 is 0. The second kappa shape index (κ2) is 6.60. The van der Waals surface area contributed by atoms with Gasteiger partial charge in [0, 0.05) is 20.1 Å². The molecule has 0 aliphatic rings. The van der Waals surface area contributed by atoms with Gasteiger partial charge in [-0.1, -0.05) is 6.92 Å². The van der Waals surface area contributed by atoms with Crippen LogP contribution in [-0.2, 0) is 17.7 Å². The van der Waals surface area contributed by atoms with E-state index in [1.807, 2.05) is 11.6 Å². The summed E-state index contributed by atoms with van der Waals surface area (Å²) in [5, 5.41) is 14.0. The van der Waals surface area contributed by atoms with Crippen molar-refractivity contribution in [1.29, 1.82) is 0 Å². The van der Waals surface area contributed by atoms with E-state index in [0.29, 0.717) is 12.8 Å². The van der Waals surface area contributed by atoms with Crippen molar-refractivity contribution in [2.24, 2.45) is 0 Å². The van der Waals surface area contributed by atoms with Gasteiger partial charge in [-0.05, 0) is 19.8 Å². The van der Waals surface area contributed by atoms with Gasteiger partial charge in [0.2, 0.25) is 0 Å². The van der Waals surface area contributed by atoms with Gasteiger partial charge in [0.15, 0.2) is 0 Å². The van der Waals surface area contributed by atoms with Gasteiger partial charge in [-0.15, -0.1) is 0 Å². The molecular formula is C11H21N3O2. The SMILES string of the molecule is CCCn1ncnc1CC(O)CC(C)OC. The Hall–Kier alpha value is -0.940. The molecule has 0 saturated carbocycles. The number of nitrogens with zero attached hydrogens (tertiary/aromatic N) is 3. The fourth-order valence-corrected chi connectivity index (χ4v) is 1.62. The number of hydrogen-bond donors (Lipinski definition) is 1. The third kappa shape index (κ3) is 3.90. The van der Waals surface area contributed by atoms with Crippen LogP contribution in [0.5, 0.6) is 0 Å². The molecule has 0 fully saturated rings. The lowest BCUT2D eigenvalue weighted by atomic mass is 10.1. The third-order valence-electron chi connectivity index (χ3n) is 2.56. The molecule has 1 aromatic heterocycles. The molecule has 1 heterocycles. The molecule has 0 aromatic carbocycles. The summed E-state index contributed by atoms with van der Waals surface area (Å²) in [4.78, 5) is 4.16. The summed E-state index contributed by atoms with van der Waals surface area (Å²) in [6.07, 6.45) is 3.36. The Morgan fingerprint density at radius 1 is 1.56 bits per heavy atom. The lowest BCUT2D eigenvalue weighted by molar-refractivity contribution is 0.0553. The van der Waals surface area contributed by atoms with Gasteiger partial charge in [0.1, 0.15) is 12.2 Å². The van der Waals surface area contributed by atoms with Crippen molar-refractivity contribution >= 4 is 0 Å². The van der Waals surface area contributed by atoms with Crippen LogP contribution in [0.1, 0.15) is 32.5 Å². The highest BCUT2D eigenvalue weighted by molar-refractivity contribution is 4.87. The van der Waals surface area contributed by atoms with E-state index < -0.39 is 6.10 Å². The zero-order valence-corrected chi connectivity index (χ0v) is 10.3. The number of aliphatic hydroxyl groups excluding tert-OH is 1. The minimum absolute atomic E-state index is 0.0672. The number of hydrogen-bond acceptors (Lipinski definition) is 4. The quantitative estimate of drug-likeness (QED) is 0.755. The number of methoxy groups -OCH3 is 1. The summed E-state index contributed by atoms with van der Waals surface area (Å²) < 4.78 is 6.96. The van der Waals surface area contributed by atoms with Crippen molar-refractivity contribution in [2.45, 2.75) is 51.9 Å². The second-order valence-electron chi connectivity index (χ2n) is 4.04. The first-order valence-corrected chi connectivity index (χ1v) is 5.74. The summed E-state index contributed by atoms with van der Waals surface area (Å²) in [6.45, 7) is 4.89. The fraction of sp³-hybridized carbons (Fsp3) is 0.818. The fourth-order valence-electron chi connectivity index (χ4n) is 1.62. The molecule has 1 N–H and O–H groups in total. The Kier molecular flexibility index (Phi) is 5.42. The minimum Gasteiger partial charge on any atom is -0.393 e. The Morgan fingerprint density at radius 3 is 2.94 bits per heavy atom. The highest BCUT2D eigenvalue weighted by atomic mass is 16.5. The normalized spacial score (nSPS) is 15.0. The monoisotopic (exact) mass is 227 g/mol. The van der Waals surface area contributed by atoms with Gasteiger partial charge in [-0.3, -0.25) is 4.68 Å². The summed E-state index contributed by atoms with van der Waals surface area (Å²) in [5.41, 5.74) is 0. The van der Waals surface area contributed by atoms with Crippen LogP contribution in [0.2, 0.25) is 0 Å². The average Bonchev–Trinajstić information content (AvgIpc) is 2.66. The van der Waals surface area contributed by atoms with Crippen molar-refractivity contribution < 1.29 is 9.84 Å². The van der Waals surface area contributed by atoms with E-state index >= 15 is 0 Å². The van der Waals surface area contributed by atoms with Crippen LogP contribution in [-0.4, -0.2) is 39.2 Å². The third-order valence-corrected chi connectivity index (χ3v) is 2.56. The molecule has 0 saturated heterocycles. The predicted octanol–water partition coefficient (Wildman–Crippen LogP) is 1.02. The van der Waals surface area contributed by atoms with Crippen molar-refractivity contribution in [1.82, 2.24) is 14.8 Å². The summed E-state index contributed by atoms with van der Waals surface area (Å²) in [6, 6.07) is 0. The molecule has 1 aromatic rings. The van der Waals surface area contributed by atoms with Crippen molar-refractivity contribution in [2.75, 3.05) is 7.11 Å². The van der Waals surface area contributed by atoms with Gasteiger partial charge in [0.25, 0.3) is 0 Å². The lowest BCUT2D eigenvalue weighted by Gasteiger charge is -2.15. The Labute approximate surface area is 96.5 Å². The highest BCUT2D eigenvalue weighted by Crippen LogP contribution is 2.07. The standard InChI is InChI=1S/C11H21N3O2/c1-4-5-14-11(12-8-13-14)7-10(15)6-9(2)16-3/h8-10,15H,4-7H2,1-3H3. The van der Waals surface area contributed by atoms with Crippen LogP contribution in [0.4, 0.5) is 0 Å². The Bertz CT molecular complexity index is 301. The molecule has 5 nitrogen and oxygen atoms in total. The molecule has 5 heteroatoms. The molecule has 2 unspecified atom stereocenters. The van der Waals surface area contributed by atoms with Gasteiger partial charge < -0.3 is 9.84 Å². The molecule has 92 valence electrons. The lowest BCUT2D eigenvalue weighted by Crippen LogP contribution is -2.21. The molecule has 0 aliphatic heterocycles. The number of rotatable bonds is 7. The molecule has 0 bridgehead atoms. The van der Waals surface area contributed by atoms with Crippen LogP contribution in [0.3, 0.4) is 0 Å². The Morgan fingerprint density at radius 2 is 2.31 bits per heavy atom. The molecule has 0 amide bonds. The van der Waals surface area contributed by atoms with Gasteiger partial charge in [-0.25, -0.2) is 4.98 Å². The van der Waals surface area contributed by atoms with Crippen molar-refractivity contribution in [3.63, 3.8) is 0 Å². The first kappa shape index (κ1) is 13.1. The minimum atomic E-state index is -0.422. The first-order chi connectivity index (χ1) is 7.67. The van der Waals surface area contributed by atoms with Gasteiger partial charge in [0.05, 0.1) is 12.2 Å². The molecule has 0 radical (unpaired) electrons. The zero-order valence-electron chi connectivity index (χ0n) is 10.3. The maximum absolute atomic E-state index is 9.85. The summed E-state index contributed by atoms with van der Waals surface area (Å²) in [5.74, 6) is 0.845. The number of aliphatic hydroxyl groups is 1. The number of aryl methyl sites for hydroxylation is 1. The summed E-state index contributed by atoms with van der Waals surface area (Å²) in [7, 11) is 1.65. The van der Waals surface area contributed by atoms with Crippen LogP contribution >= 0.6 is 0 Å². The van der Waals surface area contributed by atoms with E-state index in [9.17, 15) is 5.11 Å². The van der Waals surface area contributed by atoms with E-state index in [4.69, 9.17) is 4.74 Å². The van der Waals surface area contributed by atoms with E-state index in [1.165, 1.54) is 6.33 Å². The van der Waals surface area contributed by atoms with Gasteiger partial charge >= 0.3 is 0 Å². The first-order valence-electron chi connectivity index (χ1n) is 5.74. The number of ether oxygens (including phenoxy) is 1. The van der Waals surface area contributed by atoms with E-state index in [0.717, 1.165) is 18.8 Å². The topological polar surface area (TPSA) is 60.2 Å². The second-order valence-corrected chi connectivity index (χ2v) is 4.04. The maximum Gasteiger partial charge on any atom is 0.138 e. The molecule has 1 rings (SSSR count). The molecule has 16 heavy (non-hydrogen) atoms.